The van der Waals surface area contributed by atoms with Gasteiger partial charge in [0, 0.05) is 22.9 Å². The summed E-state index contributed by atoms with van der Waals surface area (Å²) in [4.78, 5) is 14.8. The molecule has 5 heteroatoms. The Morgan fingerprint density at radius 3 is 2.63 bits per heavy atom. The third kappa shape index (κ3) is 3.28. The molecule has 2 aromatic rings. The molecular formula is C22H26N2O3. The smallest absolute Gasteiger partial charge is 0.260 e. The van der Waals surface area contributed by atoms with Gasteiger partial charge in [-0.25, -0.2) is 0 Å². The van der Waals surface area contributed by atoms with Crippen molar-refractivity contribution in [3.05, 3.63) is 53.6 Å². The standard InChI is InChI=1S/C22H26N2O3/c1-23-21-17-9-5-6-10-18(17)22(25)24(21)16-11-12-19(26-2)20(13-16)27-14-15-7-3-4-8-15/h5-6,9-13,15,21,23H,3-4,7-8,14H2,1-2H3. The van der Waals surface area contributed by atoms with Crippen molar-refractivity contribution < 1.29 is 14.3 Å². The van der Waals surface area contributed by atoms with Gasteiger partial charge in [-0.15, -0.1) is 0 Å². The number of carbonyl (C=O) groups excluding carboxylic acids is 1. The lowest BCUT2D eigenvalue weighted by Crippen LogP contribution is -2.34. The first-order valence-electron chi connectivity index (χ1n) is 9.63. The highest BCUT2D eigenvalue weighted by atomic mass is 16.5. The average molecular weight is 366 g/mol. The van der Waals surface area contributed by atoms with E-state index in [1.807, 2.05) is 49.5 Å². The second-order valence-corrected chi connectivity index (χ2v) is 7.25. The number of carbonyl (C=O) groups is 1. The molecule has 27 heavy (non-hydrogen) atoms. The van der Waals surface area contributed by atoms with Gasteiger partial charge in [-0.1, -0.05) is 31.0 Å². The van der Waals surface area contributed by atoms with Crippen LogP contribution in [0.15, 0.2) is 42.5 Å². The number of nitrogens with zero attached hydrogens (tertiary/aromatic N) is 1. The van der Waals surface area contributed by atoms with Gasteiger partial charge in [0.05, 0.1) is 13.7 Å². The Morgan fingerprint density at radius 1 is 1.11 bits per heavy atom. The van der Waals surface area contributed by atoms with Crippen molar-refractivity contribution in [2.24, 2.45) is 5.92 Å². The normalized spacial score (nSPS) is 19.4. The van der Waals surface area contributed by atoms with Gasteiger partial charge in [0.25, 0.3) is 5.91 Å². The van der Waals surface area contributed by atoms with Gasteiger partial charge in [-0.05, 0) is 44.0 Å². The van der Waals surface area contributed by atoms with Crippen LogP contribution in [0.25, 0.3) is 0 Å². The minimum atomic E-state index is -0.190. The predicted octanol–water partition coefficient (Wildman–Crippen LogP) is 4.14. The van der Waals surface area contributed by atoms with Crippen LogP contribution >= 0.6 is 0 Å². The van der Waals surface area contributed by atoms with Crippen LogP contribution in [0.3, 0.4) is 0 Å². The Hall–Kier alpha value is -2.53. The molecule has 1 N–H and O–H groups in total. The largest absolute Gasteiger partial charge is 0.493 e. The van der Waals surface area contributed by atoms with E-state index in [0.717, 1.165) is 16.8 Å². The first-order valence-corrected chi connectivity index (χ1v) is 9.63. The molecule has 0 radical (unpaired) electrons. The van der Waals surface area contributed by atoms with Crippen LogP contribution in [-0.4, -0.2) is 26.7 Å². The van der Waals surface area contributed by atoms with Crippen LogP contribution in [0, 0.1) is 5.92 Å². The van der Waals surface area contributed by atoms with Gasteiger partial charge >= 0.3 is 0 Å². The van der Waals surface area contributed by atoms with Gasteiger partial charge in [0.15, 0.2) is 11.5 Å². The molecule has 1 heterocycles. The van der Waals surface area contributed by atoms with E-state index < -0.39 is 0 Å². The lowest BCUT2D eigenvalue weighted by Gasteiger charge is -2.26. The van der Waals surface area contributed by atoms with Crippen LogP contribution in [-0.2, 0) is 0 Å². The fourth-order valence-electron chi connectivity index (χ4n) is 4.18. The maximum absolute atomic E-state index is 13.0. The first kappa shape index (κ1) is 17.9. The summed E-state index contributed by atoms with van der Waals surface area (Å²) in [6.07, 6.45) is 4.84. The molecule has 5 nitrogen and oxygen atoms in total. The van der Waals surface area contributed by atoms with Gasteiger partial charge in [0.2, 0.25) is 0 Å². The Labute approximate surface area is 160 Å². The molecule has 1 aliphatic heterocycles. The van der Waals surface area contributed by atoms with Crippen molar-refractivity contribution in [1.29, 1.82) is 0 Å². The summed E-state index contributed by atoms with van der Waals surface area (Å²) in [5.41, 5.74) is 2.54. The van der Waals surface area contributed by atoms with E-state index in [2.05, 4.69) is 5.32 Å². The lowest BCUT2D eigenvalue weighted by molar-refractivity contribution is 0.0989. The van der Waals surface area contributed by atoms with Gasteiger partial charge in [-0.2, -0.15) is 0 Å². The van der Waals surface area contributed by atoms with Crippen molar-refractivity contribution in [2.45, 2.75) is 31.8 Å². The zero-order valence-electron chi connectivity index (χ0n) is 15.9. The summed E-state index contributed by atoms with van der Waals surface area (Å²) < 4.78 is 11.6. The monoisotopic (exact) mass is 366 g/mol. The molecule has 4 rings (SSSR count). The summed E-state index contributed by atoms with van der Waals surface area (Å²) >= 11 is 0. The maximum atomic E-state index is 13.0. The Morgan fingerprint density at radius 2 is 1.89 bits per heavy atom. The predicted molar refractivity (Wildman–Crippen MR) is 105 cm³/mol. The molecule has 1 amide bonds. The summed E-state index contributed by atoms with van der Waals surface area (Å²) in [7, 11) is 3.51. The number of amides is 1. The average Bonchev–Trinajstić information content (AvgIpc) is 3.32. The molecule has 0 aromatic heterocycles. The molecule has 1 aliphatic carbocycles. The fraction of sp³-hybridized carbons (Fsp3) is 0.409. The zero-order chi connectivity index (χ0) is 18.8. The van der Waals surface area contributed by atoms with Gasteiger partial charge < -0.3 is 9.47 Å². The van der Waals surface area contributed by atoms with E-state index in [-0.39, 0.29) is 12.1 Å². The Kier molecular flexibility index (Phi) is 5.03. The number of benzene rings is 2. The Bertz CT molecular complexity index is 830. The third-order valence-electron chi connectivity index (χ3n) is 5.61. The SMILES string of the molecule is CNC1c2ccccc2C(=O)N1c1ccc(OC)c(OCC2CCCC2)c1. The molecular weight excluding hydrogens is 340 g/mol. The second-order valence-electron chi connectivity index (χ2n) is 7.25. The minimum absolute atomic E-state index is 0.00291. The topological polar surface area (TPSA) is 50.8 Å². The summed E-state index contributed by atoms with van der Waals surface area (Å²) in [6.45, 7) is 0.698. The summed E-state index contributed by atoms with van der Waals surface area (Å²) in [6, 6.07) is 13.4. The fourth-order valence-corrected chi connectivity index (χ4v) is 4.18. The van der Waals surface area contributed by atoms with Crippen molar-refractivity contribution in [3.63, 3.8) is 0 Å². The summed E-state index contributed by atoms with van der Waals surface area (Å²) in [5, 5.41) is 3.26. The van der Waals surface area contributed by atoms with Crippen LogP contribution in [0.4, 0.5) is 5.69 Å². The highest BCUT2D eigenvalue weighted by Crippen LogP contribution is 2.40. The molecule has 1 fully saturated rings. The van der Waals surface area contributed by atoms with E-state index in [9.17, 15) is 4.79 Å². The van der Waals surface area contributed by atoms with Crippen LogP contribution in [0.1, 0.15) is 47.8 Å². The Balaban J connectivity index is 1.63. The van der Waals surface area contributed by atoms with Crippen molar-refractivity contribution >= 4 is 11.6 Å². The number of methoxy groups -OCH3 is 1. The zero-order valence-corrected chi connectivity index (χ0v) is 15.9. The molecule has 0 spiro atoms. The highest BCUT2D eigenvalue weighted by molar-refractivity contribution is 6.11. The molecule has 2 aromatic carbocycles. The summed E-state index contributed by atoms with van der Waals surface area (Å²) in [5.74, 6) is 2.00. The number of ether oxygens (including phenoxy) is 2. The highest BCUT2D eigenvalue weighted by Gasteiger charge is 2.36. The van der Waals surface area contributed by atoms with E-state index in [1.165, 1.54) is 25.7 Å². The van der Waals surface area contributed by atoms with Gasteiger partial charge in [-0.3, -0.25) is 15.0 Å². The number of fused-ring (bicyclic) bond motifs is 1. The van der Waals surface area contributed by atoms with Gasteiger partial charge in [0.1, 0.15) is 6.17 Å². The molecule has 2 aliphatic rings. The van der Waals surface area contributed by atoms with Crippen molar-refractivity contribution in [3.8, 4) is 11.5 Å². The van der Waals surface area contributed by atoms with E-state index >= 15 is 0 Å². The number of hydrogen-bond acceptors (Lipinski definition) is 4. The van der Waals surface area contributed by atoms with Crippen LogP contribution in [0.2, 0.25) is 0 Å². The first-order chi connectivity index (χ1) is 13.2. The van der Waals surface area contributed by atoms with E-state index in [0.29, 0.717) is 24.0 Å². The number of nitrogens with one attached hydrogen (secondary N) is 1. The van der Waals surface area contributed by atoms with E-state index in [4.69, 9.17) is 9.47 Å². The molecule has 0 bridgehead atoms. The molecule has 1 atom stereocenters. The van der Waals surface area contributed by atoms with Crippen LogP contribution in [0.5, 0.6) is 11.5 Å². The number of anilines is 1. The number of rotatable bonds is 6. The van der Waals surface area contributed by atoms with Crippen LogP contribution < -0.4 is 19.7 Å². The maximum Gasteiger partial charge on any atom is 0.260 e. The minimum Gasteiger partial charge on any atom is -0.493 e. The van der Waals surface area contributed by atoms with Crippen molar-refractivity contribution in [1.82, 2.24) is 5.32 Å². The van der Waals surface area contributed by atoms with E-state index in [1.54, 1.807) is 12.0 Å². The lowest BCUT2D eigenvalue weighted by atomic mass is 10.1. The molecule has 1 unspecified atom stereocenters. The molecule has 1 saturated carbocycles. The second kappa shape index (κ2) is 7.61. The number of hydrogen-bond donors (Lipinski definition) is 1. The quantitative estimate of drug-likeness (QED) is 0.835. The molecule has 142 valence electrons. The third-order valence-corrected chi connectivity index (χ3v) is 5.61. The van der Waals surface area contributed by atoms with Crippen molar-refractivity contribution in [2.75, 3.05) is 25.7 Å². The molecule has 0 saturated heterocycles.